The minimum atomic E-state index is -0.684. The number of nitrogens with one attached hydrogen (secondary N) is 3. The van der Waals surface area contributed by atoms with E-state index in [1.54, 1.807) is 18.2 Å². The maximum Gasteiger partial charge on any atom is 0.340 e. The van der Waals surface area contributed by atoms with Crippen molar-refractivity contribution in [3.05, 3.63) is 65.4 Å². The number of amides is 2. The molecule has 3 rings (SSSR count). The Labute approximate surface area is 168 Å². The van der Waals surface area contributed by atoms with E-state index in [0.29, 0.717) is 11.3 Å². The van der Waals surface area contributed by atoms with E-state index in [4.69, 9.17) is 4.74 Å². The monoisotopic (exact) mass is 393 g/mol. The van der Waals surface area contributed by atoms with Crippen LogP contribution in [-0.2, 0) is 4.74 Å². The van der Waals surface area contributed by atoms with Gasteiger partial charge in [-0.2, -0.15) is 0 Å². The molecule has 150 valence electrons. The molecule has 0 saturated carbocycles. The van der Waals surface area contributed by atoms with Crippen molar-refractivity contribution in [2.24, 2.45) is 0 Å². The van der Waals surface area contributed by atoms with Crippen molar-refractivity contribution >= 4 is 34.4 Å². The molecule has 0 atom stereocenters. The Morgan fingerprint density at radius 3 is 2.48 bits per heavy atom. The van der Waals surface area contributed by atoms with Crippen LogP contribution in [0.5, 0.6) is 0 Å². The summed E-state index contributed by atoms with van der Waals surface area (Å²) >= 11 is 0. The molecule has 0 aliphatic rings. The molecule has 0 unspecified atom stereocenters. The van der Waals surface area contributed by atoms with Gasteiger partial charge in [0.15, 0.2) is 6.61 Å². The Hall–Kier alpha value is -3.61. The van der Waals surface area contributed by atoms with Crippen molar-refractivity contribution in [2.75, 3.05) is 11.9 Å². The Morgan fingerprint density at radius 2 is 1.72 bits per heavy atom. The molecule has 1 heterocycles. The maximum atomic E-state index is 12.7. The first-order valence-electron chi connectivity index (χ1n) is 9.31. The molecule has 2 amide bonds. The zero-order valence-corrected chi connectivity index (χ0v) is 16.5. The molecule has 7 heteroatoms. The normalized spacial score (nSPS) is 10.8. The number of benzene rings is 2. The highest BCUT2D eigenvalue weighted by molar-refractivity contribution is 6.10. The lowest BCUT2D eigenvalue weighted by Crippen LogP contribution is -2.34. The van der Waals surface area contributed by atoms with Gasteiger partial charge in [0.2, 0.25) is 5.78 Å². The molecule has 3 aromatic rings. The number of carbonyl (C=O) groups is 3. The number of aromatic amines is 1. The summed E-state index contributed by atoms with van der Waals surface area (Å²) in [5, 5.41) is 6.11. The third kappa shape index (κ3) is 4.63. The summed E-state index contributed by atoms with van der Waals surface area (Å²) in [6.07, 6.45) is 0. The number of hydrogen-bond acceptors (Lipinski definition) is 4. The number of aryl methyl sites for hydroxylation is 1. The maximum absolute atomic E-state index is 12.7. The fourth-order valence-electron chi connectivity index (χ4n) is 3.11. The van der Waals surface area contributed by atoms with Crippen molar-refractivity contribution in [1.82, 2.24) is 10.3 Å². The van der Waals surface area contributed by atoms with E-state index in [1.807, 2.05) is 45.0 Å². The van der Waals surface area contributed by atoms with Crippen LogP contribution in [0.4, 0.5) is 10.5 Å². The molecule has 0 spiro atoms. The van der Waals surface area contributed by atoms with Gasteiger partial charge in [-0.3, -0.25) is 4.79 Å². The lowest BCUT2D eigenvalue weighted by atomic mass is 10.1. The number of rotatable bonds is 6. The second kappa shape index (κ2) is 8.60. The Morgan fingerprint density at radius 1 is 1.03 bits per heavy atom. The summed E-state index contributed by atoms with van der Waals surface area (Å²) in [5.41, 5.74) is 2.57. The SMILES string of the molecule is Cc1[nH]c2ccccc2c1C(=O)COC(=O)c1ccccc1NC(=O)NC(C)C. The molecule has 2 aromatic carbocycles. The van der Waals surface area contributed by atoms with Crippen LogP contribution in [0.2, 0.25) is 0 Å². The predicted molar refractivity (Wildman–Crippen MR) is 111 cm³/mol. The highest BCUT2D eigenvalue weighted by Gasteiger charge is 2.20. The summed E-state index contributed by atoms with van der Waals surface area (Å²) in [6.45, 7) is 5.08. The number of esters is 1. The van der Waals surface area contributed by atoms with Crippen LogP contribution in [0.25, 0.3) is 10.9 Å². The Bertz CT molecular complexity index is 1070. The largest absolute Gasteiger partial charge is 0.454 e. The molecule has 7 nitrogen and oxygen atoms in total. The molecular weight excluding hydrogens is 370 g/mol. The molecule has 0 radical (unpaired) electrons. The highest BCUT2D eigenvalue weighted by atomic mass is 16.5. The quantitative estimate of drug-likeness (QED) is 0.434. The van der Waals surface area contributed by atoms with Crippen LogP contribution < -0.4 is 10.6 Å². The number of aromatic nitrogens is 1. The van der Waals surface area contributed by atoms with Crippen LogP contribution in [0.1, 0.15) is 40.3 Å². The first-order chi connectivity index (χ1) is 13.9. The Balaban J connectivity index is 1.72. The minimum absolute atomic E-state index is 0.0499. The van der Waals surface area contributed by atoms with Crippen LogP contribution in [0.3, 0.4) is 0 Å². The predicted octanol–water partition coefficient (Wildman–Crippen LogP) is 4.05. The second-order valence-corrected chi connectivity index (χ2v) is 6.97. The lowest BCUT2D eigenvalue weighted by molar-refractivity contribution is 0.0476. The van der Waals surface area contributed by atoms with Gasteiger partial charge in [0.25, 0.3) is 0 Å². The number of urea groups is 1. The fourth-order valence-corrected chi connectivity index (χ4v) is 3.11. The molecule has 0 fully saturated rings. The van der Waals surface area contributed by atoms with Gasteiger partial charge < -0.3 is 20.4 Å². The van der Waals surface area contributed by atoms with E-state index in [1.165, 1.54) is 6.07 Å². The van der Waals surface area contributed by atoms with E-state index >= 15 is 0 Å². The number of ether oxygens (including phenoxy) is 1. The third-order valence-corrected chi connectivity index (χ3v) is 4.32. The van der Waals surface area contributed by atoms with Crippen molar-refractivity contribution in [3.63, 3.8) is 0 Å². The van der Waals surface area contributed by atoms with Gasteiger partial charge in [-0.15, -0.1) is 0 Å². The number of Topliss-reactive ketones (excluding diaryl/α,β-unsaturated/α-hetero) is 1. The lowest BCUT2D eigenvalue weighted by Gasteiger charge is -2.13. The van der Waals surface area contributed by atoms with Gasteiger partial charge >= 0.3 is 12.0 Å². The van der Waals surface area contributed by atoms with Gasteiger partial charge in [-0.05, 0) is 39.0 Å². The number of carbonyl (C=O) groups excluding carboxylic acids is 3. The van der Waals surface area contributed by atoms with Crippen molar-refractivity contribution in [3.8, 4) is 0 Å². The molecule has 0 aliphatic heterocycles. The zero-order chi connectivity index (χ0) is 21.0. The number of ketones is 1. The standard InChI is InChI=1S/C22H23N3O4/c1-13(2)23-22(28)25-18-11-7-5-9-16(18)21(27)29-12-19(26)20-14(3)24-17-10-6-4-8-15(17)20/h4-11,13,24H,12H2,1-3H3,(H2,23,25,28). The summed E-state index contributed by atoms with van der Waals surface area (Å²) < 4.78 is 5.25. The number of hydrogen-bond donors (Lipinski definition) is 3. The topological polar surface area (TPSA) is 100 Å². The smallest absolute Gasteiger partial charge is 0.340 e. The summed E-state index contributed by atoms with van der Waals surface area (Å²) in [5.74, 6) is -0.979. The fraction of sp³-hybridized carbons (Fsp3) is 0.227. The molecule has 0 aliphatic carbocycles. The second-order valence-electron chi connectivity index (χ2n) is 6.97. The number of fused-ring (bicyclic) bond motifs is 1. The molecule has 3 N–H and O–H groups in total. The van der Waals surface area contributed by atoms with Crippen LogP contribution >= 0.6 is 0 Å². The molecule has 1 aromatic heterocycles. The number of para-hydroxylation sites is 2. The van der Waals surface area contributed by atoms with Gasteiger partial charge in [-0.1, -0.05) is 30.3 Å². The third-order valence-electron chi connectivity index (χ3n) is 4.32. The summed E-state index contributed by atoms with van der Waals surface area (Å²) in [7, 11) is 0. The van der Waals surface area contributed by atoms with Gasteiger partial charge in [-0.25, -0.2) is 9.59 Å². The molecule has 29 heavy (non-hydrogen) atoms. The van der Waals surface area contributed by atoms with E-state index in [2.05, 4.69) is 15.6 Å². The first-order valence-corrected chi connectivity index (χ1v) is 9.31. The van der Waals surface area contributed by atoms with Crippen molar-refractivity contribution in [1.29, 1.82) is 0 Å². The van der Waals surface area contributed by atoms with Crippen LogP contribution in [0.15, 0.2) is 48.5 Å². The van der Waals surface area contributed by atoms with E-state index in [0.717, 1.165) is 16.6 Å². The van der Waals surface area contributed by atoms with Crippen molar-refractivity contribution < 1.29 is 19.1 Å². The molecular formula is C22H23N3O4. The molecule has 0 saturated heterocycles. The van der Waals surface area contributed by atoms with Gasteiger partial charge in [0, 0.05) is 28.2 Å². The van der Waals surface area contributed by atoms with Crippen molar-refractivity contribution in [2.45, 2.75) is 26.8 Å². The van der Waals surface area contributed by atoms with E-state index in [9.17, 15) is 14.4 Å². The van der Waals surface area contributed by atoms with E-state index in [-0.39, 0.29) is 17.4 Å². The summed E-state index contributed by atoms with van der Waals surface area (Å²) in [4.78, 5) is 40.3. The molecule has 0 bridgehead atoms. The van der Waals surface area contributed by atoms with E-state index < -0.39 is 18.6 Å². The van der Waals surface area contributed by atoms with Crippen LogP contribution in [-0.4, -0.2) is 35.4 Å². The number of H-pyrrole nitrogens is 1. The first kappa shape index (κ1) is 20.1. The average molecular weight is 393 g/mol. The highest BCUT2D eigenvalue weighted by Crippen LogP contribution is 2.23. The van der Waals surface area contributed by atoms with Gasteiger partial charge in [0.05, 0.1) is 11.3 Å². The zero-order valence-electron chi connectivity index (χ0n) is 16.5. The minimum Gasteiger partial charge on any atom is -0.454 e. The Kier molecular flexibility index (Phi) is 5.97. The summed E-state index contributed by atoms with van der Waals surface area (Å²) in [6, 6.07) is 13.5. The number of anilines is 1. The van der Waals surface area contributed by atoms with Gasteiger partial charge in [0.1, 0.15) is 0 Å². The average Bonchev–Trinajstić information content (AvgIpc) is 3.01. The van der Waals surface area contributed by atoms with Crippen LogP contribution in [0, 0.1) is 6.92 Å².